The van der Waals surface area contributed by atoms with Crippen molar-refractivity contribution in [3.8, 4) is 22.4 Å². The van der Waals surface area contributed by atoms with Gasteiger partial charge >= 0.3 is 0 Å². The molecular formula is C31H24ClN5O2. The number of nitrogens with zero attached hydrogens (tertiary/aromatic N) is 5. The number of halogens is 1. The van der Waals surface area contributed by atoms with Gasteiger partial charge in [-0.05, 0) is 53.1 Å². The number of hydrogen-bond acceptors (Lipinski definition) is 5. The van der Waals surface area contributed by atoms with Crippen LogP contribution in [0.2, 0.25) is 5.02 Å². The number of pyridine rings is 2. The molecule has 0 fully saturated rings. The van der Waals surface area contributed by atoms with Crippen molar-refractivity contribution in [3.63, 3.8) is 0 Å². The summed E-state index contributed by atoms with van der Waals surface area (Å²) in [5, 5.41) is 1.41. The zero-order valence-corrected chi connectivity index (χ0v) is 21.9. The maximum atomic E-state index is 12.6. The molecule has 1 amide bonds. The monoisotopic (exact) mass is 533 g/mol. The van der Waals surface area contributed by atoms with E-state index < -0.39 is 6.04 Å². The number of carbonyl (C=O) groups excluding carboxylic acids is 1. The minimum absolute atomic E-state index is 0.411. The lowest BCUT2D eigenvalue weighted by Gasteiger charge is -2.26. The molecule has 39 heavy (non-hydrogen) atoms. The number of imidazole rings is 1. The zero-order valence-electron chi connectivity index (χ0n) is 21.1. The average Bonchev–Trinajstić information content (AvgIpc) is 3.57. The molecule has 1 atom stereocenters. The van der Waals surface area contributed by atoms with Gasteiger partial charge in [0.05, 0.1) is 11.9 Å². The third-order valence-electron chi connectivity index (χ3n) is 6.80. The molecule has 0 aliphatic heterocycles. The topological polar surface area (TPSA) is 77.1 Å². The van der Waals surface area contributed by atoms with E-state index in [-0.39, 0.29) is 0 Å². The second-order valence-corrected chi connectivity index (χ2v) is 9.64. The third-order valence-corrected chi connectivity index (χ3v) is 7.03. The third kappa shape index (κ3) is 4.92. The summed E-state index contributed by atoms with van der Waals surface area (Å²) in [6.07, 6.45) is 8.42. The molecule has 0 bridgehead atoms. The van der Waals surface area contributed by atoms with Crippen LogP contribution in [0.25, 0.3) is 33.4 Å². The first-order chi connectivity index (χ1) is 19.1. The van der Waals surface area contributed by atoms with E-state index in [0.29, 0.717) is 28.7 Å². The summed E-state index contributed by atoms with van der Waals surface area (Å²) in [4.78, 5) is 27.7. The second kappa shape index (κ2) is 10.6. The number of hydrogen-bond donors (Lipinski definition) is 0. The highest BCUT2D eigenvalue weighted by molar-refractivity contribution is 6.31. The summed E-state index contributed by atoms with van der Waals surface area (Å²) in [5.74, 6) is 1.12. The Labute approximate surface area is 230 Å². The number of benzene rings is 2. The molecule has 0 aliphatic rings. The van der Waals surface area contributed by atoms with E-state index in [0.717, 1.165) is 39.9 Å². The molecule has 0 aliphatic carbocycles. The van der Waals surface area contributed by atoms with Crippen molar-refractivity contribution in [1.29, 1.82) is 0 Å². The molecule has 0 spiro atoms. The summed E-state index contributed by atoms with van der Waals surface area (Å²) < 4.78 is 8.09. The Hall–Kier alpha value is -4.75. The average molecular weight is 534 g/mol. The lowest BCUT2D eigenvalue weighted by Crippen LogP contribution is -2.31. The van der Waals surface area contributed by atoms with E-state index in [4.69, 9.17) is 21.0 Å². The summed E-state index contributed by atoms with van der Waals surface area (Å²) in [6.45, 7) is 0. The highest BCUT2D eigenvalue weighted by atomic mass is 35.5. The highest BCUT2D eigenvalue weighted by Gasteiger charge is 2.29. The van der Waals surface area contributed by atoms with Crippen LogP contribution in [0.15, 0.2) is 108 Å². The molecule has 192 valence electrons. The molecule has 4 aromatic heterocycles. The van der Waals surface area contributed by atoms with Crippen molar-refractivity contribution in [2.75, 3.05) is 4.90 Å². The summed E-state index contributed by atoms with van der Waals surface area (Å²) in [6, 6.07) is 24.7. The molecule has 0 radical (unpaired) electrons. The Morgan fingerprint density at radius 1 is 0.923 bits per heavy atom. The first kappa shape index (κ1) is 24.6. The van der Waals surface area contributed by atoms with Gasteiger partial charge in [0.1, 0.15) is 17.4 Å². The van der Waals surface area contributed by atoms with Gasteiger partial charge in [-0.3, -0.25) is 19.7 Å². The van der Waals surface area contributed by atoms with Crippen LogP contribution >= 0.6 is 11.6 Å². The molecule has 0 unspecified atom stereocenters. The predicted octanol–water partition coefficient (Wildman–Crippen LogP) is 6.89. The van der Waals surface area contributed by atoms with Crippen molar-refractivity contribution in [2.45, 2.75) is 12.5 Å². The highest BCUT2D eigenvalue weighted by Crippen LogP contribution is 2.35. The van der Waals surface area contributed by atoms with E-state index in [9.17, 15) is 4.79 Å². The smallest absolute Gasteiger partial charge is 0.217 e. The van der Waals surface area contributed by atoms with Gasteiger partial charge in [-0.15, -0.1) is 0 Å². The molecule has 0 N–H and O–H groups in total. The molecule has 0 saturated carbocycles. The van der Waals surface area contributed by atoms with Crippen molar-refractivity contribution in [2.24, 2.45) is 7.05 Å². The summed E-state index contributed by atoms with van der Waals surface area (Å²) in [5.41, 5.74) is 5.55. The Morgan fingerprint density at radius 2 is 1.77 bits per heavy atom. The zero-order chi connectivity index (χ0) is 26.8. The number of carbonyl (C=O) groups is 1. The fourth-order valence-corrected chi connectivity index (χ4v) is 4.99. The molecule has 4 heterocycles. The van der Waals surface area contributed by atoms with Crippen LogP contribution in [0, 0.1) is 0 Å². The van der Waals surface area contributed by atoms with Gasteiger partial charge in [0.15, 0.2) is 0 Å². The molecule has 6 aromatic rings. The van der Waals surface area contributed by atoms with Crippen LogP contribution in [0.1, 0.15) is 17.6 Å². The van der Waals surface area contributed by atoms with E-state index in [1.165, 1.54) is 0 Å². The van der Waals surface area contributed by atoms with Crippen LogP contribution in [0.3, 0.4) is 0 Å². The summed E-state index contributed by atoms with van der Waals surface area (Å²) in [7, 11) is 1.96. The predicted molar refractivity (Wildman–Crippen MR) is 152 cm³/mol. The van der Waals surface area contributed by atoms with Crippen LogP contribution in [0.5, 0.6) is 0 Å². The Balaban J connectivity index is 1.39. The molecular weight excluding hydrogens is 510 g/mol. The number of furan rings is 1. The maximum absolute atomic E-state index is 12.6. The number of fused-ring (bicyclic) bond motifs is 1. The molecule has 0 saturated heterocycles. The number of anilines is 1. The first-order valence-electron chi connectivity index (χ1n) is 12.5. The first-order valence-corrected chi connectivity index (χ1v) is 12.8. The van der Waals surface area contributed by atoms with E-state index in [2.05, 4.69) is 34.2 Å². The van der Waals surface area contributed by atoms with Gasteiger partial charge in [-0.2, -0.15) is 0 Å². The SMILES string of the molecule is Cn1c(-c2ccc(-c3cccnc3)cc2)cnc1[C@H](Cc1ccccn1)N(C=O)c1cc2cc(Cl)ccc2o1. The van der Waals surface area contributed by atoms with Gasteiger partial charge in [0, 0.05) is 54.2 Å². The molecule has 2 aromatic carbocycles. The van der Waals surface area contributed by atoms with Crippen molar-refractivity contribution >= 4 is 34.9 Å². The molecule has 6 rings (SSSR count). The van der Waals surface area contributed by atoms with Gasteiger partial charge in [0.25, 0.3) is 0 Å². The Bertz CT molecular complexity index is 1730. The number of amides is 1. The summed E-state index contributed by atoms with van der Waals surface area (Å²) >= 11 is 6.18. The van der Waals surface area contributed by atoms with E-state index in [1.54, 1.807) is 29.4 Å². The largest absolute Gasteiger partial charge is 0.440 e. The number of rotatable bonds is 8. The maximum Gasteiger partial charge on any atom is 0.217 e. The minimum atomic E-state index is -0.471. The van der Waals surface area contributed by atoms with Crippen LogP contribution in [-0.2, 0) is 18.3 Å². The van der Waals surface area contributed by atoms with E-state index >= 15 is 0 Å². The van der Waals surface area contributed by atoms with Gasteiger partial charge in [-0.25, -0.2) is 4.98 Å². The Kier molecular flexibility index (Phi) is 6.65. The fraction of sp³-hybridized carbons (Fsp3) is 0.0968. The van der Waals surface area contributed by atoms with Crippen molar-refractivity contribution in [1.82, 2.24) is 19.5 Å². The molecule has 7 nitrogen and oxygen atoms in total. The van der Waals surface area contributed by atoms with Gasteiger partial charge < -0.3 is 8.98 Å². The molecule has 8 heteroatoms. The standard InChI is InChI=1S/C31H24ClN5O2/c1-36-28(22-9-7-21(8-10-22)23-5-4-13-33-18-23)19-35-31(36)27(17-26-6-2-3-14-34-26)37(20-38)30-16-24-15-25(32)11-12-29(24)39-30/h2-16,18-20,27H,17H2,1H3/t27-/m0/s1. The van der Waals surface area contributed by atoms with Crippen LogP contribution < -0.4 is 4.90 Å². The fourth-order valence-electron chi connectivity index (χ4n) is 4.81. The van der Waals surface area contributed by atoms with Gasteiger partial charge in [-0.1, -0.05) is 48.0 Å². The van der Waals surface area contributed by atoms with Crippen LogP contribution in [-0.4, -0.2) is 25.9 Å². The normalized spacial score (nSPS) is 11.9. The van der Waals surface area contributed by atoms with E-state index in [1.807, 2.05) is 66.5 Å². The lowest BCUT2D eigenvalue weighted by atomic mass is 10.0. The Morgan fingerprint density at radius 3 is 2.51 bits per heavy atom. The van der Waals surface area contributed by atoms with Gasteiger partial charge in [0.2, 0.25) is 12.3 Å². The number of aromatic nitrogens is 4. The second-order valence-electron chi connectivity index (χ2n) is 9.20. The lowest BCUT2D eigenvalue weighted by molar-refractivity contribution is -0.108. The van der Waals surface area contributed by atoms with Crippen molar-refractivity contribution < 1.29 is 9.21 Å². The van der Waals surface area contributed by atoms with Crippen LogP contribution in [0.4, 0.5) is 5.88 Å². The van der Waals surface area contributed by atoms with Crippen molar-refractivity contribution in [3.05, 3.63) is 120 Å². The minimum Gasteiger partial charge on any atom is -0.440 e. The quantitative estimate of drug-likeness (QED) is 0.199.